The fourth-order valence-electron chi connectivity index (χ4n) is 2.18. The lowest BCUT2D eigenvalue weighted by Crippen LogP contribution is -2.51. The summed E-state index contributed by atoms with van der Waals surface area (Å²) in [5, 5.41) is 3.21. The standard InChI is InChI=1S/C13H14BrF3N2O/c1-8-7-19(5-4-18-8)12(20)9-2-3-10(11(14)6-9)13(15,16)17/h2-3,6,8,18H,4-5,7H2,1H3/t8-/m0/s1. The maximum absolute atomic E-state index is 12.7. The summed E-state index contributed by atoms with van der Waals surface area (Å²) in [4.78, 5) is 13.9. The van der Waals surface area contributed by atoms with Gasteiger partial charge < -0.3 is 10.2 Å². The topological polar surface area (TPSA) is 32.3 Å². The van der Waals surface area contributed by atoms with E-state index in [-0.39, 0.29) is 22.0 Å². The smallest absolute Gasteiger partial charge is 0.336 e. The maximum Gasteiger partial charge on any atom is 0.417 e. The van der Waals surface area contributed by atoms with Crippen LogP contribution in [-0.4, -0.2) is 36.5 Å². The van der Waals surface area contributed by atoms with Crippen molar-refractivity contribution < 1.29 is 18.0 Å². The molecule has 0 spiro atoms. The Balaban J connectivity index is 2.21. The molecule has 1 N–H and O–H groups in total. The van der Waals surface area contributed by atoms with Crippen molar-refractivity contribution in [1.29, 1.82) is 0 Å². The third-order valence-corrected chi connectivity index (χ3v) is 3.83. The van der Waals surface area contributed by atoms with Gasteiger partial charge in [0, 0.05) is 35.7 Å². The monoisotopic (exact) mass is 350 g/mol. The van der Waals surface area contributed by atoms with Gasteiger partial charge in [-0.05, 0) is 25.1 Å². The number of carbonyl (C=O) groups excluding carboxylic acids is 1. The summed E-state index contributed by atoms with van der Waals surface area (Å²) in [6.07, 6.45) is -4.43. The number of carbonyl (C=O) groups is 1. The zero-order valence-corrected chi connectivity index (χ0v) is 12.4. The summed E-state index contributed by atoms with van der Waals surface area (Å²) < 4.78 is 37.8. The lowest BCUT2D eigenvalue weighted by Gasteiger charge is -2.32. The van der Waals surface area contributed by atoms with E-state index in [0.29, 0.717) is 19.6 Å². The molecule has 2 rings (SSSR count). The highest BCUT2D eigenvalue weighted by molar-refractivity contribution is 9.10. The molecule has 1 heterocycles. The van der Waals surface area contributed by atoms with Crippen molar-refractivity contribution in [1.82, 2.24) is 10.2 Å². The fourth-order valence-corrected chi connectivity index (χ4v) is 2.78. The first kappa shape index (κ1) is 15.3. The number of amides is 1. The fraction of sp³-hybridized carbons (Fsp3) is 0.462. The van der Waals surface area contributed by atoms with Crippen molar-refractivity contribution in [3.05, 3.63) is 33.8 Å². The van der Waals surface area contributed by atoms with Crippen LogP contribution in [0.3, 0.4) is 0 Å². The van der Waals surface area contributed by atoms with E-state index in [0.717, 1.165) is 6.07 Å². The van der Waals surface area contributed by atoms with Gasteiger partial charge in [-0.25, -0.2) is 0 Å². The van der Waals surface area contributed by atoms with Crippen molar-refractivity contribution in [2.45, 2.75) is 19.1 Å². The molecule has 110 valence electrons. The van der Waals surface area contributed by atoms with Crippen LogP contribution in [0.2, 0.25) is 0 Å². The van der Waals surface area contributed by atoms with Crippen LogP contribution in [0.4, 0.5) is 13.2 Å². The molecule has 3 nitrogen and oxygen atoms in total. The molecule has 0 radical (unpaired) electrons. The number of nitrogens with zero attached hydrogens (tertiary/aromatic N) is 1. The predicted molar refractivity (Wildman–Crippen MR) is 72.5 cm³/mol. The lowest BCUT2D eigenvalue weighted by atomic mass is 10.1. The summed E-state index contributed by atoms with van der Waals surface area (Å²) in [6, 6.07) is 3.58. The molecule has 20 heavy (non-hydrogen) atoms. The molecule has 0 bridgehead atoms. The predicted octanol–water partition coefficient (Wildman–Crippen LogP) is 2.90. The van der Waals surface area contributed by atoms with Gasteiger partial charge in [-0.2, -0.15) is 13.2 Å². The molecule has 1 atom stereocenters. The van der Waals surface area contributed by atoms with Crippen molar-refractivity contribution in [2.75, 3.05) is 19.6 Å². The van der Waals surface area contributed by atoms with Gasteiger partial charge in [0.15, 0.2) is 0 Å². The van der Waals surface area contributed by atoms with Gasteiger partial charge in [-0.1, -0.05) is 15.9 Å². The molecule has 1 aromatic rings. The summed E-state index contributed by atoms with van der Waals surface area (Å²) in [6.45, 7) is 3.76. The summed E-state index contributed by atoms with van der Waals surface area (Å²) in [7, 11) is 0. The van der Waals surface area contributed by atoms with Crippen LogP contribution in [0.1, 0.15) is 22.8 Å². The molecule has 1 aromatic carbocycles. The maximum atomic E-state index is 12.7. The molecule has 7 heteroatoms. The van der Waals surface area contributed by atoms with Crippen LogP contribution in [0.25, 0.3) is 0 Å². The average molecular weight is 351 g/mol. The number of hydrogen-bond donors (Lipinski definition) is 1. The van der Waals surface area contributed by atoms with Crippen LogP contribution < -0.4 is 5.32 Å². The average Bonchev–Trinajstić information content (AvgIpc) is 2.36. The first-order valence-corrected chi connectivity index (χ1v) is 6.97. The third kappa shape index (κ3) is 3.32. The molecule has 0 aromatic heterocycles. The Bertz CT molecular complexity index is 519. The van der Waals surface area contributed by atoms with E-state index in [1.165, 1.54) is 12.1 Å². The molecule has 0 unspecified atom stereocenters. The van der Waals surface area contributed by atoms with Crippen LogP contribution in [0.15, 0.2) is 22.7 Å². The van der Waals surface area contributed by atoms with Gasteiger partial charge in [-0.3, -0.25) is 4.79 Å². The number of benzene rings is 1. The van der Waals surface area contributed by atoms with E-state index in [4.69, 9.17) is 0 Å². The number of nitrogens with one attached hydrogen (secondary N) is 1. The van der Waals surface area contributed by atoms with Crippen LogP contribution >= 0.6 is 15.9 Å². The molecule has 1 aliphatic rings. The number of hydrogen-bond acceptors (Lipinski definition) is 2. The molecule has 0 aliphatic carbocycles. The van der Waals surface area contributed by atoms with Gasteiger partial charge in [0.2, 0.25) is 0 Å². The van der Waals surface area contributed by atoms with E-state index >= 15 is 0 Å². The van der Waals surface area contributed by atoms with Gasteiger partial charge in [0.25, 0.3) is 5.91 Å². The third-order valence-electron chi connectivity index (χ3n) is 3.18. The Kier molecular flexibility index (Phi) is 4.39. The highest BCUT2D eigenvalue weighted by Gasteiger charge is 2.33. The van der Waals surface area contributed by atoms with Gasteiger partial charge in [0.1, 0.15) is 0 Å². The second-order valence-corrected chi connectivity index (χ2v) is 5.65. The van der Waals surface area contributed by atoms with E-state index in [1.54, 1.807) is 4.90 Å². The minimum Gasteiger partial charge on any atom is -0.336 e. The van der Waals surface area contributed by atoms with E-state index in [1.807, 2.05) is 6.92 Å². The molecule has 1 saturated heterocycles. The molecular formula is C13H14BrF3N2O. The van der Waals surface area contributed by atoms with Crippen molar-refractivity contribution in [2.24, 2.45) is 0 Å². The minimum atomic E-state index is -4.43. The number of halogens is 4. The van der Waals surface area contributed by atoms with Gasteiger partial charge in [-0.15, -0.1) is 0 Å². The summed E-state index contributed by atoms with van der Waals surface area (Å²) >= 11 is 2.88. The first-order valence-electron chi connectivity index (χ1n) is 6.18. The Morgan fingerprint density at radius 2 is 2.15 bits per heavy atom. The first-order chi connectivity index (χ1) is 9.29. The molecular weight excluding hydrogens is 337 g/mol. The Hall–Kier alpha value is -1.08. The Morgan fingerprint density at radius 1 is 1.45 bits per heavy atom. The van der Waals surface area contributed by atoms with Crippen molar-refractivity contribution >= 4 is 21.8 Å². The second-order valence-electron chi connectivity index (χ2n) is 4.80. The van der Waals surface area contributed by atoms with E-state index < -0.39 is 11.7 Å². The molecule has 0 saturated carbocycles. The van der Waals surface area contributed by atoms with Gasteiger partial charge >= 0.3 is 6.18 Å². The van der Waals surface area contributed by atoms with Gasteiger partial charge in [0.05, 0.1) is 5.56 Å². The highest BCUT2D eigenvalue weighted by atomic mass is 79.9. The van der Waals surface area contributed by atoms with Crippen LogP contribution in [0.5, 0.6) is 0 Å². The number of rotatable bonds is 1. The summed E-state index contributed by atoms with van der Waals surface area (Å²) in [5.74, 6) is -0.243. The van der Waals surface area contributed by atoms with E-state index in [9.17, 15) is 18.0 Å². The Labute approximate surface area is 123 Å². The minimum absolute atomic E-state index is 0.112. The summed E-state index contributed by atoms with van der Waals surface area (Å²) in [5.41, 5.74) is -0.512. The number of alkyl halides is 3. The normalized spacial score (nSPS) is 20.1. The van der Waals surface area contributed by atoms with Crippen molar-refractivity contribution in [3.8, 4) is 0 Å². The largest absolute Gasteiger partial charge is 0.417 e. The molecule has 1 fully saturated rings. The molecule has 1 amide bonds. The lowest BCUT2D eigenvalue weighted by molar-refractivity contribution is -0.138. The zero-order valence-electron chi connectivity index (χ0n) is 10.8. The zero-order chi connectivity index (χ0) is 14.9. The van der Waals surface area contributed by atoms with Crippen LogP contribution in [0, 0.1) is 0 Å². The van der Waals surface area contributed by atoms with Crippen molar-refractivity contribution in [3.63, 3.8) is 0 Å². The Morgan fingerprint density at radius 3 is 2.70 bits per heavy atom. The quantitative estimate of drug-likeness (QED) is 0.844. The SMILES string of the molecule is C[C@H]1CN(C(=O)c2ccc(C(F)(F)F)c(Br)c2)CCN1. The molecule has 1 aliphatic heterocycles. The van der Waals surface area contributed by atoms with E-state index in [2.05, 4.69) is 21.2 Å². The highest BCUT2D eigenvalue weighted by Crippen LogP contribution is 2.35. The van der Waals surface area contributed by atoms with Crippen LogP contribution in [-0.2, 0) is 6.18 Å². The number of piperazine rings is 1. The second kappa shape index (κ2) is 5.73.